The topological polar surface area (TPSA) is 72.2 Å². The van der Waals surface area contributed by atoms with Gasteiger partial charge in [0.05, 0.1) is 15.5 Å². The molecule has 0 bridgehead atoms. The van der Waals surface area contributed by atoms with E-state index in [0.717, 1.165) is 25.7 Å². The van der Waals surface area contributed by atoms with Crippen molar-refractivity contribution >= 4 is 38.9 Å². The van der Waals surface area contributed by atoms with Gasteiger partial charge in [0, 0.05) is 11.1 Å². The minimum absolute atomic E-state index is 0.104. The number of halogens is 2. The molecule has 1 aliphatic carbocycles. The largest absolute Gasteiger partial charge is 0.419 e. The molecule has 0 amide bonds. The van der Waals surface area contributed by atoms with E-state index >= 15 is 0 Å². The number of benzene rings is 2. The number of hydrogen-bond acceptors (Lipinski definition) is 5. The summed E-state index contributed by atoms with van der Waals surface area (Å²) in [6, 6.07) is 13.2. The molecule has 1 heterocycles. The Morgan fingerprint density at radius 3 is 2.34 bits per heavy atom. The molecule has 1 N–H and O–H groups in total. The first-order valence-electron chi connectivity index (χ1n) is 9.48. The van der Waals surface area contributed by atoms with Crippen LogP contribution in [0.5, 0.6) is 0 Å². The molecule has 8 heteroatoms. The zero-order valence-corrected chi connectivity index (χ0v) is 17.9. The van der Waals surface area contributed by atoms with Gasteiger partial charge in [-0.05, 0) is 49.2 Å². The fourth-order valence-corrected chi connectivity index (χ4v) is 5.09. The van der Waals surface area contributed by atoms with E-state index in [9.17, 15) is 8.42 Å². The van der Waals surface area contributed by atoms with Crippen molar-refractivity contribution in [3.8, 4) is 11.5 Å². The molecule has 0 radical (unpaired) electrons. The molecule has 2 aromatic carbocycles. The second kappa shape index (κ2) is 8.38. The zero-order valence-electron chi connectivity index (χ0n) is 15.6. The first kappa shape index (κ1) is 20.3. The Balaban J connectivity index is 1.80. The van der Waals surface area contributed by atoms with Crippen molar-refractivity contribution in [2.24, 2.45) is 0 Å². The molecule has 1 aliphatic rings. The van der Waals surface area contributed by atoms with E-state index in [1.54, 1.807) is 24.3 Å². The van der Waals surface area contributed by atoms with Gasteiger partial charge in [-0.25, -0.2) is 8.42 Å². The zero-order chi connectivity index (χ0) is 20.4. The van der Waals surface area contributed by atoms with E-state index in [0.29, 0.717) is 15.6 Å². The molecule has 0 unspecified atom stereocenters. The van der Waals surface area contributed by atoms with Crippen LogP contribution in [0.2, 0.25) is 10.0 Å². The highest BCUT2D eigenvalue weighted by Gasteiger charge is 2.30. The normalized spacial score (nSPS) is 15.4. The van der Waals surface area contributed by atoms with Crippen LogP contribution in [0, 0.1) is 0 Å². The predicted octanol–water partition coefficient (Wildman–Crippen LogP) is 6.23. The van der Waals surface area contributed by atoms with Crippen LogP contribution in [0.1, 0.15) is 32.1 Å². The number of aromatic nitrogens is 1. The van der Waals surface area contributed by atoms with Crippen molar-refractivity contribution in [1.82, 2.24) is 4.98 Å². The third-order valence-corrected chi connectivity index (χ3v) is 7.28. The summed E-state index contributed by atoms with van der Waals surface area (Å²) in [5.74, 6) is 0.322. The Hall–Kier alpha value is -2.02. The van der Waals surface area contributed by atoms with Gasteiger partial charge in [-0.3, -0.25) is 0 Å². The Labute approximate surface area is 180 Å². The number of anilines is 1. The SMILES string of the molecule is O=S(=O)(c1ccc(Cl)cc1)c1nc(-c2ccccc2Cl)oc1NC1CCCCC1. The van der Waals surface area contributed by atoms with E-state index in [-0.39, 0.29) is 27.7 Å². The van der Waals surface area contributed by atoms with Gasteiger partial charge < -0.3 is 9.73 Å². The van der Waals surface area contributed by atoms with Gasteiger partial charge in [0.2, 0.25) is 26.6 Å². The molecule has 0 aliphatic heterocycles. The molecule has 0 spiro atoms. The summed E-state index contributed by atoms with van der Waals surface area (Å²) >= 11 is 12.2. The first-order chi connectivity index (χ1) is 13.9. The lowest BCUT2D eigenvalue weighted by Gasteiger charge is -2.22. The van der Waals surface area contributed by atoms with Crippen molar-refractivity contribution < 1.29 is 12.8 Å². The van der Waals surface area contributed by atoms with Crippen LogP contribution in [-0.4, -0.2) is 19.4 Å². The molecule has 3 aromatic rings. The minimum atomic E-state index is -3.91. The molecule has 4 rings (SSSR count). The van der Waals surface area contributed by atoms with Crippen LogP contribution in [-0.2, 0) is 9.84 Å². The molecular formula is C21H20Cl2N2O3S. The van der Waals surface area contributed by atoms with Crippen LogP contribution in [0.4, 0.5) is 5.88 Å². The summed E-state index contributed by atoms with van der Waals surface area (Å²) in [6.45, 7) is 0. The molecule has 152 valence electrons. The van der Waals surface area contributed by atoms with E-state index < -0.39 is 9.84 Å². The Kier molecular flexibility index (Phi) is 5.86. The standard InChI is InChI=1S/C21H20Cl2N2O3S/c22-14-10-12-16(13-11-14)29(26,27)21-20(24-15-6-2-1-3-7-15)28-19(25-21)17-8-4-5-9-18(17)23/h4-5,8-13,15,24H,1-3,6-7H2. The second-order valence-corrected chi connectivity index (χ2v) is 9.78. The quantitative estimate of drug-likeness (QED) is 0.498. The van der Waals surface area contributed by atoms with Crippen LogP contribution in [0.25, 0.3) is 11.5 Å². The highest BCUT2D eigenvalue weighted by molar-refractivity contribution is 7.91. The molecule has 1 saturated carbocycles. The van der Waals surface area contributed by atoms with E-state index in [1.165, 1.54) is 30.7 Å². The van der Waals surface area contributed by atoms with Crippen LogP contribution in [0.3, 0.4) is 0 Å². The maximum absolute atomic E-state index is 13.3. The Morgan fingerprint density at radius 1 is 0.966 bits per heavy atom. The monoisotopic (exact) mass is 450 g/mol. The summed E-state index contributed by atoms with van der Waals surface area (Å²) in [5, 5.41) is 4.03. The van der Waals surface area contributed by atoms with Gasteiger partial charge >= 0.3 is 0 Å². The van der Waals surface area contributed by atoms with Gasteiger partial charge in [0.15, 0.2) is 0 Å². The highest BCUT2D eigenvalue weighted by atomic mass is 35.5. The minimum Gasteiger partial charge on any atom is -0.419 e. The maximum Gasteiger partial charge on any atom is 0.234 e. The second-order valence-electron chi connectivity index (χ2n) is 7.07. The van der Waals surface area contributed by atoms with Crippen LogP contribution < -0.4 is 5.32 Å². The van der Waals surface area contributed by atoms with Crippen molar-refractivity contribution in [3.63, 3.8) is 0 Å². The maximum atomic E-state index is 13.3. The molecule has 29 heavy (non-hydrogen) atoms. The number of nitrogens with zero attached hydrogens (tertiary/aromatic N) is 1. The van der Waals surface area contributed by atoms with Crippen LogP contribution in [0.15, 0.2) is 62.9 Å². The smallest absolute Gasteiger partial charge is 0.234 e. The van der Waals surface area contributed by atoms with E-state index in [4.69, 9.17) is 27.6 Å². The summed E-state index contributed by atoms with van der Waals surface area (Å²) in [7, 11) is -3.91. The number of nitrogens with one attached hydrogen (secondary N) is 1. The number of sulfone groups is 1. The third kappa shape index (κ3) is 4.29. The molecule has 0 saturated heterocycles. The van der Waals surface area contributed by atoms with Gasteiger partial charge in [-0.1, -0.05) is 54.6 Å². The average molecular weight is 451 g/mol. The van der Waals surface area contributed by atoms with Crippen molar-refractivity contribution in [2.75, 3.05) is 5.32 Å². The van der Waals surface area contributed by atoms with Crippen molar-refractivity contribution in [3.05, 3.63) is 58.6 Å². The first-order valence-corrected chi connectivity index (χ1v) is 11.7. The number of rotatable bonds is 5. The summed E-state index contributed by atoms with van der Waals surface area (Å²) < 4.78 is 32.5. The number of oxazole rings is 1. The predicted molar refractivity (Wildman–Crippen MR) is 114 cm³/mol. The lowest BCUT2D eigenvalue weighted by atomic mass is 9.96. The van der Waals surface area contributed by atoms with Gasteiger partial charge in [0.1, 0.15) is 0 Å². The van der Waals surface area contributed by atoms with E-state index in [2.05, 4.69) is 10.3 Å². The van der Waals surface area contributed by atoms with E-state index in [1.807, 2.05) is 0 Å². The van der Waals surface area contributed by atoms with Gasteiger partial charge in [0.25, 0.3) is 0 Å². The molecule has 1 aromatic heterocycles. The third-order valence-electron chi connectivity index (χ3n) is 5.02. The van der Waals surface area contributed by atoms with Gasteiger partial charge in [-0.15, -0.1) is 0 Å². The average Bonchev–Trinajstić information content (AvgIpc) is 3.14. The molecular weight excluding hydrogens is 431 g/mol. The van der Waals surface area contributed by atoms with Crippen molar-refractivity contribution in [1.29, 1.82) is 0 Å². The fourth-order valence-electron chi connectivity index (χ4n) is 3.49. The lowest BCUT2D eigenvalue weighted by molar-refractivity contribution is 0.450. The van der Waals surface area contributed by atoms with Gasteiger partial charge in [-0.2, -0.15) is 4.98 Å². The molecule has 0 atom stereocenters. The molecule has 5 nitrogen and oxygen atoms in total. The fraction of sp³-hybridized carbons (Fsp3) is 0.286. The lowest BCUT2D eigenvalue weighted by Crippen LogP contribution is -2.23. The summed E-state index contributed by atoms with van der Waals surface area (Å²) in [4.78, 5) is 4.45. The Bertz CT molecular complexity index is 1110. The molecule has 1 fully saturated rings. The highest BCUT2D eigenvalue weighted by Crippen LogP contribution is 2.36. The summed E-state index contributed by atoms with van der Waals surface area (Å²) in [5.41, 5.74) is 0.540. The number of hydrogen-bond donors (Lipinski definition) is 1. The van der Waals surface area contributed by atoms with Crippen molar-refractivity contribution in [2.45, 2.75) is 48.1 Å². The Morgan fingerprint density at radius 2 is 1.66 bits per heavy atom. The van der Waals surface area contributed by atoms with Crippen LogP contribution >= 0.6 is 23.2 Å². The summed E-state index contributed by atoms with van der Waals surface area (Å²) in [6.07, 6.45) is 5.31.